The molecule has 0 radical (unpaired) electrons. The first-order chi connectivity index (χ1) is 11.4. The maximum atomic E-state index is 4.15. The summed E-state index contributed by atoms with van der Waals surface area (Å²) in [5, 5.41) is 12.1. The highest BCUT2D eigenvalue weighted by atomic mass is 15.5. The highest BCUT2D eigenvalue weighted by Crippen LogP contribution is 2.16. The van der Waals surface area contributed by atoms with Crippen LogP contribution in [-0.2, 0) is 6.54 Å². The molecule has 1 heterocycles. The highest BCUT2D eigenvalue weighted by Gasteiger charge is 2.07. The Hall–Kier alpha value is -1.71. The van der Waals surface area contributed by atoms with Gasteiger partial charge in [0.1, 0.15) is 0 Å². The van der Waals surface area contributed by atoms with Gasteiger partial charge in [-0.1, -0.05) is 95.0 Å². The lowest BCUT2D eigenvalue weighted by Gasteiger charge is -2.05. The molecule has 0 unspecified atom stereocenters. The number of benzene rings is 1. The Morgan fingerprint density at radius 2 is 1.39 bits per heavy atom. The van der Waals surface area contributed by atoms with Gasteiger partial charge in [0, 0.05) is 12.1 Å². The van der Waals surface area contributed by atoms with Crippen LogP contribution in [0.25, 0.3) is 11.4 Å². The standard InChI is InChI=1S/C19H30N4/c1-2-3-4-5-6-7-8-9-10-14-17-23-19(20-21-22-23)18-15-12-11-13-16-18/h11-13,15-16H,2-10,14,17H2,1H3. The summed E-state index contributed by atoms with van der Waals surface area (Å²) in [6.45, 7) is 3.18. The summed E-state index contributed by atoms with van der Waals surface area (Å²) in [5.41, 5.74) is 1.09. The smallest absolute Gasteiger partial charge is 0.182 e. The number of rotatable bonds is 12. The van der Waals surface area contributed by atoms with Crippen molar-refractivity contribution >= 4 is 0 Å². The van der Waals surface area contributed by atoms with Crippen molar-refractivity contribution in [2.24, 2.45) is 0 Å². The van der Waals surface area contributed by atoms with Crippen molar-refractivity contribution in [1.29, 1.82) is 0 Å². The largest absolute Gasteiger partial charge is 0.225 e. The Balaban J connectivity index is 1.58. The number of hydrogen-bond acceptors (Lipinski definition) is 3. The molecule has 0 saturated carbocycles. The van der Waals surface area contributed by atoms with Crippen LogP contribution < -0.4 is 0 Å². The average molecular weight is 314 g/mol. The Kier molecular flexibility index (Phi) is 8.38. The normalized spacial score (nSPS) is 11.0. The van der Waals surface area contributed by atoms with Crippen LogP contribution in [-0.4, -0.2) is 20.2 Å². The second kappa shape index (κ2) is 10.9. The van der Waals surface area contributed by atoms with Gasteiger partial charge in [0.2, 0.25) is 0 Å². The van der Waals surface area contributed by atoms with E-state index in [1.807, 2.05) is 22.9 Å². The van der Waals surface area contributed by atoms with E-state index in [-0.39, 0.29) is 0 Å². The first-order valence-electron chi connectivity index (χ1n) is 9.23. The van der Waals surface area contributed by atoms with Gasteiger partial charge in [-0.15, -0.1) is 5.10 Å². The van der Waals surface area contributed by atoms with Crippen molar-refractivity contribution in [2.45, 2.75) is 77.7 Å². The van der Waals surface area contributed by atoms with E-state index in [1.165, 1.54) is 57.8 Å². The molecule has 1 aromatic carbocycles. The summed E-state index contributed by atoms with van der Waals surface area (Å²) in [6.07, 6.45) is 13.5. The molecular weight excluding hydrogens is 284 g/mol. The SMILES string of the molecule is CCCCCCCCCCCCn1nnnc1-c1ccccc1. The van der Waals surface area contributed by atoms with E-state index >= 15 is 0 Å². The molecule has 0 spiro atoms. The number of unbranched alkanes of at least 4 members (excludes halogenated alkanes) is 9. The quantitative estimate of drug-likeness (QED) is 0.502. The van der Waals surface area contributed by atoms with Gasteiger partial charge in [-0.25, -0.2) is 4.68 Å². The minimum Gasteiger partial charge on any atom is -0.225 e. The third-order valence-corrected chi connectivity index (χ3v) is 4.29. The molecule has 23 heavy (non-hydrogen) atoms. The van der Waals surface area contributed by atoms with Crippen molar-refractivity contribution in [3.05, 3.63) is 30.3 Å². The number of tetrazole rings is 1. The lowest BCUT2D eigenvalue weighted by atomic mass is 10.1. The van der Waals surface area contributed by atoms with E-state index in [9.17, 15) is 0 Å². The second-order valence-electron chi connectivity index (χ2n) is 6.27. The van der Waals surface area contributed by atoms with Crippen molar-refractivity contribution in [2.75, 3.05) is 0 Å². The Morgan fingerprint density at radius 3 is 2.04 bits per heavy atom. The fraction of sp³-hybridized carbons (Fsp3) is 0.632. The zero-order chi connectivity index (χ0) is 16.2. The molecule has 0 atom stereocenters. The van der Waals surface area contributed by atoms with Gasteiger partial charge in [0.15, 0.2) is 5.82 Å². The lowest BCUT2D eigenvalue weighted by molar-refractivity contribution is 0.510. The monoisotopic (exact) mass is 314 g/mol. The molecule has 4 heteroatoms. The van der Waals surface area contributed by atoms with Crippen LogP contribution in [0.2, 0.25) is 0 Å². The summed E-state index contributed by atoms with van der Waals surface area (Å²) >= 11 is 0. The minimum absolute atomic E-state index is 0.876. The maximum Gasteiger partial charge on any atom is 0.182 e. The second-order valence-corrected chi connectivity index (χ2v) is 6.27. The van der Waals surface area contributed by atoms with Gasteiger partial charge in [-0.05, 0) is 16.8 Å². The van der Waals surface area contributed by atoms with Crippen LogP contribution in [0.5, 0.6) is 0 Å². The summed E-state index contributed by atoms with van der Waals surface area (Å²) in [5.74, 6) is 0.876. The van der Waals surface area contributed by atoms with Crippen LogP contribution in [0.15, 0.2) is 30.3 Å². The van der Waals surface area contributed by atoms with Gasteiger partial charge in [-0.2, -0.15) is 0 Å². The molecule has 4 nitrogen and oxygen atoms in total. The molecule has 126 valence electrons. The number of aromatic nitrogens is 4. The molecule has 0 fully saturated rings. The van der Waals surface area contributed by atoms with Crippen LogP contribution >= 0.6 is 0 Å². The Labute approximate surface area is 140 Å². The van der Waals surface area contributed by atoms with Gasteiger partial charge in [-0.3, -0.25) is 0 Å². The van der Waals surface area contributed by atoms with Crippen LogP contribution in [0, 0.1) is 0 Å². The number of aryl methyl sites for hydroxylation is 1. The molecule has 0 aliphatic carbocycles. The molecule has 2 rings (SSSR count). The van der Waals surface area contributed by atoms with Crippen molar-refractivity contribution in [1.82, 2.24) is 20.2 Å². The van der Waals surface area contributed by atoms with E-state index in [1.54, 1.807) is 0 Å². The topological polar surface area (TPSA) is 43.6 Å². The molecule has 0 amide bonds. The van der Waals surface area contributed by atoms with Crippen LogP contribution in [0.4, 0.5) is 0 Å². The van der Waals surface area contributed by atoms with E-state index in [0.717, 1.165) is 24.4 Å². The highest BCUT2D eigenvalue weighted by molar-refractivity contribution is 5.53. The van der Waals surface area contributed by atoms with Crippen molar-refractivity contribution in [3.63, 3.8) is 0 Å². The Morgan fingerprint density at radius 1 is 0.783 bits per heavy atom. The van der Waals surface area contributed by atoms with E-state index in [4.69, 9.17) is 0 Å². The molecule has 0 N–H and O–H groups in total. The number of nitrogens with zero attached hydrogens (tertiary/aromatic N) is 4. The summed E-state index contributed by atoms with van der Waals surface area (Å²) in [4.78, 5) is 0. The summed E-state index contributed by atoms with van der Waals surface area (Å²) < 4.78 is 1.93. The molecule has 2 aromatic rings. The third kappa shape index (κ3) is 6.51. The van der Waals surface area contributed by atoms with Crippen molar-refractivity contribution < 1.29 is 0 Å². The molecule has 0 aliphatic heterocycles. The number of hydrogen-bond donors (Lipinski definition) is 0. The maximum absolute atomic E-state index is 4.15. The first kappa shape index (κ1) is 17.6. The van der Waals surface area contributed by atoms with Gasteiger partial charge < -0.3 is 0 Å². The molecule has 1 aromatic heterocycles. The third-order valence-electron chi connectivity index (χ3n) is 4.29. The van der Waals surface area contributed by atoms with Crippen molar-refractivity contribution in [3.8, 4) is 11.4 Å². The first-order valence-corrected chi connectivity index (χ1v) is 9.23. The fourth-order valence-corrected chi connectivity index (χ4v) is 2.90. The molecular formula is C19H30N4. The lowest BCUT2D eigenvalue weighted by Crippen LogP contribution is -2.03. The molecule has 0 bridgehead atoms. The average Bonchev–Trinajstić information content (AvgIpc) is 3.06. The zero-order valence-electron chi connectivity index (χ0n) is 14.5. The van der Waals surface area contributed by atoms with E-state index in [2.05, 4.69) is 34.6 Å². The predicted octanol–water partition coefficient (Wildman–Crippen LogP) is 5.26. The van der Waals surface area contributed by atoms with Crippen LogP contribution in [0.3, 0.4) is 0 Å². The fourth-order valence-electron chi connectivity index (χ4n) is 2.90. The summed E-state index contributed by atoms with van der Waals surface area (Å²) in [7, 11) is 0. The van der Waals surface area contributed by atoms with Crippen LogP contribution in [0.1, 0.15) is 71.1 Å². The van der Waals surface area contributed by atoms with Gasteiger partial charge >= 0.3 is 0 Å². The molecule has 0 saturated heterocycles. The van der Waals surface area contributed by atoms with Gasteiger partial charge in [0.25, 0.3) is 0 Å². The minimum atomic E-state index is 0.876. The van der Waals surface area contributed by atoms with Gasteiger partial charge in [0.05, 0.1) is 0 Å². The summed E-state index contributed by atoms with van der Waals surface area (Å²) in [6, 6.07) is 10.2. The zero-order valence-corrected chi connectivity index (χ0v) is 14.5. The Bertz CT molecular complexity index is 521. The van der Waals surface area contributed by atoms with E-state index in [0.29, 0.717) is 0 Å². The van der Waals surface area contributed by atoms with E-state index < -0.39 is 0 Å². The molecule has 0 aliphatic rings. The predicted molar refractivity (Wildman–Crippen MR) is 95.1 cm³/mol.